The van der Waals surface area contributed by atoms with Gasteiger partial charge in [0.05, 0.1) is 0 Å². The first-order valence-corrected chi connectivity index (χ1v) is 6.31. The fraction of sp³-hybridized carbons (Fsp3) is 0.538. The third-order valence-electron chi connectivity index (χ3n) is 3.48. The van der Waals surface area contributed by atoms with Gasteiger partial charge in [-0.3, -0.25) is 4.98 Å². The highest BCUT2D eigenvalue weighted by Gasteiger charge is 2.19. The van der Waals surface area contributed by atoms with Gasteiger partial charge in [0.1, 0.15) is 5.69 Å². The van der Waals surface area contributed by atoms with Crippen LogP contribution in [0.1, 0.15) is 30.5 Å². The average Bonchev–Trinajstić information content (AvgIpc) is 2.34. The second kappa shape index (κ2) is 5.82. The van der Waals surface area contributed by atoms with Gasteiger partial charge in [0.15, 0.2) is 5.84 Å². The van der Waals surface area contributed by atoms with Gasteiger partial charge in [0.2, 0.25) is 0 Å². The summed E-state index contributed by atoms with van der Waals surface area (Å²) < 4.78 is 0. The smallest absolute Gasteiger partial charge is 0.189 e. The van der Waals surface area contributed by atoms with E-state index < -0.39 is 0 Å². The Morgan fingerprint density at radius 1 is 1.61 bits per heavy atom. The number of aromatic nitrogens is 1. The number of rotatable bonds is 5. The first-order chi connectivity index (χ1) is 8.70. The summed E-state index contributed by atoms with van der Waals surface area (Å²) in [6.07, 6.45) is 5.69. The lowest BCUT2D eigenvalue weighted by atomic mass is 9.85. The van der Waals surface area contributed by atoms with Crippen LogP contribution in [0.15, 0.2) is 23.5 Å². The zero-order valence-corrected chi connectivity index (χ0v) is 10.7. The Bertz CT molecular complexity index is 429. The molecular formula is C13H20N4O. The van der Waals surface area contributed by atoms with Crippen LogP contribution in [0.5, 0.6) is 0 Å². The normalized spacial score (nSPS) is 16.9. The molecule has 2 rings (SSSR count). The topological polar surface area (TPSA) is 74.7 Å². The van der Waals surface area contributed by atoms with E-state index in [0.29, 0.717) is 5.69 Å². The number of nitrogens with two attached hydrogens (primary N) is 1. The molecule has 1 saturated carbocycles. The summed E-state index contributed by atoms with van der Waals surface area (Å²) in [5.41, 5.74) is 7.19. The van der Waals surface area contributed by atoms with Gasteiger partial charge < -0.3 is 15.8 Å². The highest BCUT2D eigenvalue weighted by atomic mass is 16.4. The van der Waals surface area contributed by atoms with Gasteiger partial charge in [-0.05, 0) is 37.4 Å². The molecule has 0 amide bonds. The lowest BCUT2D eigenvalue weighted by molar-refractivity contribution is 0.200. The summed E-state index contributed by atoms with van der Waals surface area (Å²) in [6.45, 7) is 1.88. The summed E-state index contributed by atoms with van der Waals surface area (Å²) >= 11 is 0. The van der Waals surface area contributed by atoms with E-state index in [2.05, 4.69) is 22.1 Å². The van der Waals surface area contributed by atoms with Crippen LogP contribution in [0.3, 0.4) is 0 Å². The number of pyridine rings is 1. The van der Waals surface area contributed by atoms with Crippen molar-refractivity contribution in [3.8, 4) is 0 Å². The molecule has 1 aliphatic carbocycles. The van der Waals surface area contributed by atoms with Crippen LogP contribution in [-0.2, 0) is 6.54 Å². The van der Waals surface area contributed by atoms with Crippen molar-refractivity contribution >= 4 is 5.84 Å². The first kappa shape index (κ1) is 12.8. The van der Waals surface area contributed by atoms with E-state index in [1.165, 1.54) is 19.3 Å². The lowest BCUT2D eigenvalue weighted by Gasteiger charge is -2.30. The largest absolute Gasteiger partial charge is 0.409 e. The third-order valence-corrected chi connectivity index (χ3v) is 3.48. The van der Waals surface area contributed by atoms with Gasteiger partial charge in [0, 0.05) is 19.3 Å². The molecule has 1 aliphatic rings. The third kappa shape index (κ3) is 2.98. The van der Waals surface area contributed by atoms with Crippen molar-refractivity contribution in [2.45, 2.75) is 25.8 Å². The number of hydrogen-bond acceptors (Lipinski definition) is 4. The Morgan fingerprint density at radius 2 is 2.39 bits per heavy atom. The van der Waals surface area contributed by atoms with Crippen molar-refractivity contribution < 1.29 is 5.21 Å². The first-order valence-electron chi connectivity index (χ1n) is 6.31. The van der Waals surface area contributed by atoms with Gasteiger partial charge in [0.25, 0.3) is 0 Å². The second-order valence-corrected chi connectivity index (χ2v) is 4.99. The highest BCUT2D eigenvalue weighted by Crippen LogP contribution is 2.27. The predicted molar refractivity (Wildman–Crippen MR) is 70.4 cm³/mol. The highest BCUT2D eigenvalue weighted by molar-refractivity contribution is 5.96. The summed E-state index contributed by atoms with van der Waals surface area (Å²) in [5.74, 6) is 0.904. The maximum absolute atomic E-state index is 8.75. The van der Waals surface area contributed by atoms with Crippen molar-refractivity contribution in [3.05, 3.63) is 29.6 Å². The molecule has 1 fully saturated rings. The maximum Gasteiger partial charge on any atom is 0.189 e. The summed E-state index contributed by atoms with van der Waals surface area (Å²) in [5, 5.41) is 11.8. The number of hydrogen-bond donors (Lipinski definition) is 2. The van der Waals surface area contributed by atoms with Gasteiger partial charge in [-0.2, -0.15) is 0 Å². The van der Waals surface area contributed by atoms with E-state index in [9.17, 15) is 0 Å². The minimum absolute atomic E-state index is 0.0719. The SMILES string of the molecule is CN(Cc1cccnc1C(N)=NO)CC1CCC1. The molecule has 18 heavy (non-hydrogen) atoms. The minimum atomic E-state index is 0.0719. The van der Waals surface area contributed by atoms with Crippen molar-refractivity contribution in [2.24, 2.45) is 16.8 Å². The minimum Gasteiger partial charge on any atom is -0.409 e. The van der Waals surface area contributed by atoms with Crippen LogP contribution < -0.4 is 5.73 Å². The predicted octanol–water partition coefficient (Wildman–Crippen LogP) is 1.41. The molecule has 0 radical (unpaired) electrons. The van der Waals surface area contributed by atoms with Crippen molar-refractivity contribution in [1.82, 2.24) is 9.88 Å². The molecule has 0 unspecified atom stereocenters. The van der Waals surface area contributed by atoms with E-state index in [0.717, 1.165) is 24.6 Å². The van der Waals surface area contributed by atoms with Crippen LogP contribution in [0.25, 0.3) is 0 Å². The number of oxime groups is 1. The molecule has 98 valence electrons. The fourth-order valence-corrected chi connectivity index (χ4v) is 2.32. The molecule has 0 aromatic carbocycles. The van der Waals surface area contributed by atoms with Crippen LogP contribution in [-0.4, -0.2) is 34.5 Å². The maximum atomic E-state index is 8.75. The Morgan fingerprint density at radius 3 is 3.00 bits per heavy atom. The molecule has 0 atom stereocenters. The molecule has 0 aliphatic heterocycles. The van der Waals surface area contributed by atoms with E-state index in [1.54, 1.807) is 6.20 Å². The Balaban J connectivity index is 2.03. The van der Waals surface area contributed by atoms with Crippen LogP contribution in [0, 0.1) is 5.92 Å². The van der Waals surface area contributed by atoms with Gasteiger partial charge >= 0.3 is 0 Å². The molecule has 5 nitrogen and oxygen atoms in total. The van der Waals surface area contributed by atoms with Gasteiger partial charge in [-0.25, -0.2) is 0 Å². The molecule has 1 heterocycles. The van der Waals surface area contributed by atoms with Gasteiger partial charge in [-0.15, -0.1) is 0 Å². The fourth-order valence-electron chi connectivity index (χ4n) is 2.32. The Hall–Kier alpha value is -1.62. The second-order valence-electron chi connectivity index (χ2n) is 4.99. The standard InChI is InChI=1S/C13H20N4O/c1-17(8-10-4-2-5-10)9-11-6-3-7-15-12(11)13(14)16-18/h3,6-7,10,18H,2,4-5,8-9H2,1H3,(H2,14,16). The van der Waals surface area contributed by atoms with Crippen LogP contribution in [0.2, 0.25) is 0 Å². The number of nitrogens with zero attached hydrogens (tertiary/aromatic N) is 3. The lowest BCUT2D eigenvalue weighted by Crippen LogP contribution is -2.30. The molecule has 1 aromatic heterocycles. The van der Waals surface area contributed by atoms with E-state index in [-0.39, 0.29) is 5.84 Å². The molecular weight excluding hydrogens is 228 g/mol. The van der Waals surface area contributed by atoms with E-state index >= 15 is 0 Å². The zero-order chi connectivity index (χ0) is 13.0. The zero-order valence-electron chi connectivity index (χ0n) is 10.7. The molecule has 0 spiro atoms. The molecule has 0 saturated heterocycles. The molecule has 0 bridgehead atoms. The average molecular weight is 248 g/mol. The van der Waals surface area contributed by atoms with Crippen LogP contribution >= 0.6 is 0 Å². The number of amidine groups is 1. The van der Waals surface area contributed by atoms with Crippen molar-refractivity contribution in [2.75, 3.05) is 13.6 Å². The quantitative estimate of drug-likeness (QED) is 0.357. The van der Waals surface area contributed by atoms with Crippen molar-refractivity contribution in [1.29, 1.82) is 0 Å². The molecule has 3 N–H and O–H groups in total. The van der Waals surface area contributed by atoms with Crippen molar-refractivity contribution in [3.63, 3.8) is 0 Å². The summed E-state index contributed by atoms with van der Waals surface area (Å²) in [6, 6.07) is 3.85. The summed E-state index contributed by atoms with van der Waals surface area (Å²) in [7, 11) is 2.10. The monoisotopic (exact) mass is 248 g/mol. The Labute approximate surface area is 107 Å². The Kier molecular flexibility index (Phi) is 4.15. The van der Waals surface area contributed by atoms with Gasteiger partial charge in [-0.1, -0.05) is 17.6 Å². The molecule has 1 aromatic rings. The molecule has 5 heteroatoms. The van der Waals surface area contributed by atoms with Crippen LogP contribution in [0.4, 0.5) is 0 Å². The summed E-state index contributed by atoms with van der Waals surface area (Å²) in [4.78, 5) is 6.45. The van der Waals surface area contributed by atoms with E-state index in [1.807, 2.05) is 12.1 Å². The van der Waals surface area contributed by atoms with E-state index in [4.69, 9.17) is 10.9 Å².